The molecule has 1 aliphatic rings. The number of halogens is 1. The molecule has 1 aromatic heterocycles. The van der Waals surface area contributed by atoms with Gasteiger partial charge in [0.25, 0.3) is 5.56 Å². The first-order valence-electron chi connectivity index (χ1n) is 7.02. The lowest BCUT2D eigenvalue weighted by atomic mass is 10.1. The van der Waals surface area contributed by atoms with Crippen LogP contribution in [0.3, 0.4) is 0 Å². The Morgan fingerprint density at radius 2 is 2.45 bits per heavy atom. The molecule has 2 heterocycles. The molecule has 5 nitrogen and oxygen atoms in total. The number of likely N-dealkylation sites (N-methyl/N-ethyl adjacent to an activating group) is 1. The van der Waals surface area contributed by atoms with Gasteiger partial charge in [-0.1, -0.05) is 13.0 Å². The summed E-state index contributed by atoms with van der Waals surface area (Å²) in [5.74, 6) is 0. The summed E-state index contributed by atoms with van der Waals surface area (Å²) < 4.78 is 2.00. The summed E-state index contributed by atoms with van der Waals surface area (Å²) >= 11 is 3.43. The molecule has 1 aromatic rings. The lowest BCUT2D eigenvalue weighted by molar-refractivity contribution is 0.430. The standard InChI is InChI=1S/C14H21BrN4O/c1-3-7-19-14(20)13(15)12(9-17-19)18-8-5-6-11(10-18)16-4-2/h3,9,11,16H,1,4-8,10H2,2H3. The average molecular weight is 341 g/mol. The van der Waals surface area contributed by atoms with E-state index in [-0.39, 0.29) is 5.56 Å². The molecule has 2 rings (SSSR count). The Hall–Kier alpha value is -1.14. The van der Waals surface area contributed by atoms with Crippen molar-refractivity contribution in [2.24, 2.45) is 0 Å². The SMILES string of the molecule is C=CCn1ncc(N2CCCC(NCC)C2)c(Br)c1=O. The quantitative estimate of drug-likeness (QED) is 0.830. The van der Waals surface area contributed by atoms with Gasteiger partial charge in [-0.2, -0.15) is 5.10 Å². The Balaban J connectivity index is 2.22. The lowest BCUT2D eigenvalue weighted by Crippen LogP contribution is -2.46. The molecule has 0 saturated carbocycles. The molecule has 1 N–H and O–H groups in total. The van der Waals surface area contributed by atoms with Gasteiger partial charge in [0.05, 0.1) is 18.4 Å². The Bertz CT molecular complexity index is 526. The molecule has 0 amide bonds. The van der Waals surface area contributed by atoms with Gasteiger partial charge < -0.3 is 10.2 Å². The highest BCUT2D eigenvalue weighted by molar-refractivity contribution is 9.10. The molecule has 0 bridgehead atoms. The van der Waals surface area contributed by atoms with E-state index in [2.05, 4.69) is 44.7 Å². The van der Waals surface area contributed by atoms with E-state index in [0.717, 1.165) is 31.7 Å². The Kier molecular flexibility index (Phi) is 5.37. The normalized spacial score (nSPS) is 19.1. The van der Waals surface area contributed by atoms with Gasteiger partial charge in [0.2, 0.25) is 0 Å². The highest BCUT2D eigenvalue weighted by atomic mass is 79.9. The molecule has 0 aromatic carbocycles. The fraction of sp³-hybridized carbons (Fsp3) is 0.571. The lowest BCUT2D eigenvalue weighted by Gasteiger charge is -2.35. The van der Waals surface area contributed by atoms with Gasteiger partial charge >= 0.3 is 0 Å². The summed E-state index contributed by atoms with van der Waals surface area (Å²) in [5.41, 5.74) is 0.783. The van der Waals surface area contributed by atoms with E-state index in [1.54, 1.807) is 12.3 Å². The molecule has 1 unspecified atom stereocenters. The topological polar surface area (TPSA) is 50.2 Å². The van der Waals surface area contributed by atoms with Gasteiger partial charge in [-0.15, -0.1) is 6.58 Å². The van der Waals surface area contributed by atoms with Crippen molar-refractivity contribution in [2.75, 3.05) is 24.5 Å². The number of nitrogens with zero attached hydrogens (tertiary/aromatic N) is 3. The van der Waals surface area contributed by atoms with Crippen LogP contribution in [-0.4, -0.2) is 35.5 Å². The maximum absolute atomic E-state index is 12.2. The number of hydrogen-bond acceptors (Lipinski definition) is 4. The van der Waals surface area contributed by atoms with Crippen molar-refractivity contribution >= 4 is 21.6 Å². The molecule has 1 aliphatic heterocycles. The van der Waals surface area contributed by atoms with Crippen molar-refractivity contribution < 1.29 is 0 Å². The maximum Gasteiger partial charge on any atom is 0.283 e. The Labute approximate surface area is 127 Å². The summed E-state index contributed by atoms with van der Waals surface area (Å²) in [6, 6.07) is 0.483. The van der Waals surface area contributed by atoms with Gasteiger partial charge in [-0.25, -0.2) is 4.68 Å². The average Bonchev–Trinajstić information content (AvgIpc) is 2.45. The third kappa shape index (κ3) is 3.30. The van der Waals surface area contributed by atoms with Crippen LogP contribution in [0.25, 0.3) is 0 Å². The molecular weight excluding hydrogens is 320 g/mol. The number of anilines is 1. The Morgan fingerprint density at radius 1 is 1.65 bits per heavy atom. The molecule has 0 aliphatic carbocycles. The minimum absolute atomic E-state index is 0.104. The predicted molar refractivity (Wildman–Crippen MR) is 85.3 cm³/mol. The van der Waals surface area contributed by atoms with Gasteiger partial charge in [0.1, 0.15) is 4.47 Å². The molecule has 110 valence electrons. The van der Waals surface area contributed by atoms with Crippen molar-refractivity contribution in [3.8, 4) is 0 Å². The van der Waals surface area contributed by atoms with Crippen LogP contribution in [0.15, 0.2) is 28.1 Å². The zero-order valence-electron chi connectivity index (χ0n) is 11.8. The third-order valence-electron chi connectivity index (χ3n) is 3.52. The summed E-state index contributed by atoms with van der Waals surface area (Å²) in [7, 11) is 0. The van der Waals surface area contributed by atoms with Crippen LogP contribution in [0.2, 0.25) is 0 Å². The van der Waals surface area contributed by atoms with Crippen molar-refractivity contribution in [1.29, 1.82) is 0 Å². The fourth-order valence-electron chi connectivity index (χ4n) is 2.58. The van der Waals surface area contributed by atoms with Crippen molar-refractivity contribution in [3.05, 3.63) is 33.7 Å². The van der Waals surface area contributed by atoms with E-state index in [9.17, 15) is 4.79 Å². The van der Waals surface area contributed by atoms with E-state index in [1.807, 2.05) is 0 Å². The number of piperidine rings is 1. The molecule has 0 radical (unpaired) electrons. The zero-order chi connectivity index (χ0) is 14.5. The van der Waals surface area contributed by atoms with Crippen LogP contribution in [0.4, 0.5) is 5.69 Å². The van der Waals surface area contributed by atoms with Crippen LogP contribution >= 0.6 is 15.9 Å². The van der Waals surface area contributed by atoms with Gasteiger partial charge in [0.15, 0.2) is 0 Å². The molecule has 1 saturated heterocycles. The smallest absolute Gasteiger partial charge is 0.283 e. The molecular formula is C14H21BrN4O. The Morgan fingerprint density at radius 3 is 3.15 bits per heavy atom. The minimum atomic E-state index is -0.104. The molecule has 1 atom stereocenters. The number of aromatic nitrogens is 2. The van der Waals surface area contributed by atoms with E-state index < -0.39 is 0 Å². The zero-order valence-corrected chi connectivity index (χ0v) is 13.4. The van der Waals surface area contributed by atoms with E-state index >= 15 is 0 Å². The number of allylic oxidation sites excluding steroid dienone is 1. The van der Waals surface area contributed by atoms with Gasteiger partial charge in [0, 0.05) is 19.1 Å². The number of nitrogens with one attached hydrogen (secondary N) is 1. The molecule has 6 heteroatoms. The van der Waals surface area contributed by atoms with Crippen molar-refractivity contribution in [2.45, 2.75) is 32.4 Å². The van der Waals surface area contributed by atoms with Crippen LogP contribution in [-0.2, 0) is 6.54 Å². The predicted octanol–water partition coefficient (Wildman–Crippen LogP) is 1.77. The van der Waals surface area contributed by atoms with Crippen LogP contribution in [0.5, 0.6) is 0 Å². The first-order valence-corrected chi connectivity index (χ1v) is 7.81. The minimum Gasteiger partial charge on any atom is -0.368 e. The highest BCUT2D eigenvalue weighted by Gasteiger charge is 2.22. The number of hydrogen-bond donors (Lipinski definition) is 1. The fourth-order valence-corrected chi connectivity index (χ4v) is 3.14. The molecule has 0 spiro atoms. The number of rotatable bonds is 5. The van der Waals surface area contributed by atoms with Gasteiger partial charge in [-0.3, -0.25) is 4.79 Å². The van der Waals surface area contributed by atoms with Gasteiger partial charge in [-0.05, 0) is 35.3 Å². The molecule has 1 fully saturated rings. The maximum atomic E-state index is 12.2. The van der Waals surface area contributed by atoms with Crippen molar-refractivity contribution in [1.82, 2.24) is 15.1 Å². The van der Waals surface area contributed by atoms with E-state index in [0.29, 0.717) is 17.1 Å². The van der Waals surface area contributed by atoms with Crippen LogP contribution in [0.1, 0.15) is 19.8 Å². The van der Waals surface area contributed by atoms with E-state index in [1.165, 1.54) is 11.1 Å². The molecule has 20 heavy (non-hydrogen) atoms. The van der Waals surface area contributed by atoms with Crippen molar-refractivity contribution in [3.63, 3.8) is 0 Å². The summed E-state index contributed by atoms with van der Waals surface area (Å²) in [6.45, 7) is 9.03. The first-order chi connectivity index (χ1) is 9.67. The monoisotopic (exact) mass is 340 g/mol. The second kappa shape index (κ2) is 7.04. The summed E-state index contributed by atoms with van der Waals surface area (Å²) in [6.07, 6.45) is 5.74. The van der Waals surface area contributed by atoms with Crippen LogP contribution in [0, 0.1) is 0 Å². The van der Waals surface area contributed by atoms with Crippen LogP contribution < -0.4 is 15.8 Å². The van der Waals surface area contributed by atoms with E-state index in [4.69, 9.17) is 0 Å². The largest absolute Gasteiger partial charge is 0.368 e. The second-order valence-electron chi connectivity index (χ2n) is 4.96. The third-order valence-corrected chi connectivity index (χ3v) is 4.27. The second-order valence-corrected chi connectivity index (χ2v) is 5.76. The first kappa shape index (κ1) is 15.3. The summed E-state index contributed by atoms with van der Waals surface area (Å²) in [4.78, 5) is 14.4. The highest BCUT2D eigenvalue weighted by Crippen LogP contribution is 2.25. The summed E-state index contributed by atoms with van der Waals surface area (Å²) in [5, 5.41) is 7.69.